The van der Waals surface area contributed by atoms with E-state index in [1.807, 2.05) is 7.11 Å². The fraction of sp³-hybridized carbons (Fsp3) is 0.571. The first-order chi connectivity index (χ1) is 16.8. The third-order valence-electron chi connectivity index (χ3n) is 7.41. The maximum absolute atomic E-state index is 6.41. The van der Waals surface area contributed by atoms with Crippen molar-refractivity contribution >= 4 is 26.3 Å². The predicted molar refractivity (Wildman–Crippen MR) is 149 cm³/mol. The number of unbranched alkanes of at least 4 members (excludes halogenated alkanes) is 4. The Labute approximate surface area is 214 Å². The van der Waals surface area contributed by atoms with Gasteiger partial charge in [-0.15, -0.1) is 0 Å². The van der Waals surface area contributed by atoms with Crippen LogP contribution in [0, 0.1) is 13.8 Å². The van der Waals surface area contributed by atoms with Crippen LogP contribution < -0.4 is 19.8 Å². The van der Waals surface area contributed by atoms with Crippen LogP contribution in [0.15, 0.2) is 24.3 Å². The smallest absolute Gasteiger partial charge is 0.387 e. The summed E-state index contributed by atoms with van der Waals surface area (Å²) in [6.07, 6.45) is 6.82. The molecule has 0 amide bonds. The van der Waals surface area contributed by atoms with Crippen LogP contribution in [0.25, 0.3) is 11.1 Å². The van der Waals surface area contributed by atoms with Crippen LogP contribution in [0.4, 0.5) is 0 Å². The van der Waals surface area contributed by atoms with Gasteiger partial charge in [0.25, 0.3) is 7.83 Å². The van der Waals surface area contributed by atoms with E-state index in [9.17, 15) is 0 Å². The van der Waals surface area contributed by atoms with E-state index in [4.69, 9.17) is 22.8 Å². The molecular weight excluding hydrogens is 472 g/mol. The second-order valence-corrected chi connectivity index (χ2v) is 20.1. The molecule has 0 radical (unpaired) electrons. The van der Waals surface area contributed by atoms with Crippen LogP contribution in [-0.2, 0) is 13.3 Å². The highest BCUT2D eigenvalue weighted by atomic mass is 29.3. The molecule has 1 heterocycles. The molecule has 7 heteroatoms. The normalized spacial score (nSPS) is 18.2. The molecule has 0 aromatic heterocycles. The molecule has 0 N–H and O–H groups in total. The summed E-state index contributed by atoms with van der Waals surface area (Å²) in [6.45, 7) is 12.3. The van der Waals surface area contributed by atoms with Crippen LogP contribution in [-0.4, -0.2) is 50.5 Å². The van der Waals surface area contributed by atoms with Gasteiger partial charge in [-0.25, -0.2) is 0 Å². The molecule has 1 atom stereocenters. The zero-order chi connectivity index (χ0) is 25.6. The van der Waals surface area contributed by atoms with Crippen molar-refractivity contribution < 1.29 is 22.8 Å². The lowest BCUT2D eigenvalue weighted by Gasteiger charge is -2.46. The number of benzene rings is 2. The second kappa shape index (κ2) is 12.1. The summed E-state index contributed by atoms with van der Waals surface area (Å²) in [5, 5.41) is 2.34. The molecule has 2 aromatic rings. The first-order valence-corrected chi connectivity index (χ1v) is 18.3. The Morgan fingerprint density at radius 3 is 1.51 bits per heavy atom. The first kappa shape index (κ1) is 27.9. The van der Waals surface area contributed by atoms with E-state index in [0.717, 1.165) is 65.0 Å². The molecule has 3 rings (SSSR count). The van der Waals surface area contributed by atoms with Crippen molar-refractivity contribution in [2.24, 2.45) is 0 Å². The number of aryl methyl sites for hydroxylation is 2. The lowest BCUT2D eigenvalue weighted by Crippen LogP contribution is -2.80. The average Bonchev–Trinajstić information content (AvgIpc) is 2.86. The first-order valence-electron chi connectivity index (χ1n) is 13.0. The quantitative estimate of drug-likeness (QED) is 0.257. The van der Waals surface area contributed by atoms with Crippen molar-refractivity contribution in [2.45, 2.75) is 72.8 Å². The van der Waals surface area contributed by atoms with Crippen LogP contribution in [0.5, 0.6) is 11.5 Å². The molecule has 2 aromatic carbocycles. The van der Waals surface area contributed by atoms with Crippen molar-refractivity contribution in [2.75, 3.05) is 34.5 Å². The van der Waals surface area contributed by atoms with Crippen molar-refractivity contribution in [1.29, 1.82) is 0 Å². The lowest BCUT2D eigenvalue weighted by atomic mass is 10.0. The fourth-order valence-corrected chi connectivity index (χ4v) is 17.2. The molecule has 0 saturated carbocycles. The maximum atomic E-state index is 6.41. The second-order valence-electron chi connectivity index (χ2n) is 9.70. The molecule has 5 nitrogen and oxygen atoms in total. The van der Waals surface area contributed by atoms with Gasteiger partial charge >= 0.3 is 8.08 Å². The van der Waals surface area contributed by atoms with E-state index < -0.39 is 15.9 Å². The van der Waals surface area contributed by atoms with Crippen molar-refractivity contribution in [1.82, 2.24) is 0 Å². The van der Waals surface area contributed by atoms with Gasteiger partial charge in [-0.05, 0) is 72.8 Å². The van der Waals surface area contributed by atoms with Gasteiger partial charge in [0, 0.05) is 26.5 Å². The Hall–Kier alpha value is -1.65. The Morgan fingerprint density at radius 1 is 0.629 bits per heavy atom. The van der Waals surface area contributed by atoms with Crippen molar-refractivity contribution in [3.63, 3.8) is 0 Å². The summed E-state index contributed by atoms with van der Waals surface area (Å²) in [5.74, 6) is 1.86. The van der Waals surface area contributed by atoms with Gasteiger partial charge in [-0.3, -0.25) is 0 Å². The van der Waals surface area contributed by atoms with Crippen LogP contribution in [0.1, 0.15) is 63.5 Å². The van der Waals surface area contributed by atoms with Gasteiger partial charge in [0.05, 0.1) is 13.2 Å². The molecule has 1 unspecified atom stereocenters. The number of hydrogen-bond donors (Lipinski definition) is 0. The molecule has 1 aliphatic heterocycles. The van der Waals surface area contributed by atoms with E-state index in [0.29, 0.717) is 0 Å². The van der Waals surface area contributed by atoms with E-state index in [1.54, 1.807) is 14.2 Å². The molecule has 35 heavy (non-hydrogen) atoms. The molecule has 1 aliphatic rings. The molecule has 0 saturated heterocycles. The molecule has 0 fully saturated rings. The Bertz CT molecular complexity index is 1010. The summed E-state index contributed by atoms with van der Waals surface area (Å²) in [5.41, 5.74) is 4.50. The monoisotopic (exact) mass is 516 g/mol. The van der Waals surface area contributed by atoms with Crippen molar-refractivity contribution in [3.05, 3.63) is 35.4 Å². The minimum Gasteiger partial charge on any atom is -0.493 e. The van der Waals surface area contributed by atoms with E-state index in [-0.39, 0.29) is 0 Å². The number of rotatable bonds is 13. The minimum atomic E-state index is -2.91. The van der Waals surface area contributed by atoms with Gasteiger partial charge < -0.3 is 22.8 Å². The Morgan fingerprint density at radius 2 is 1.09 bits per heavy atom. The van der Waals surface area contributed by atoms with Crippen LogP contribution >= 0.6 is 0 Å². The maximum Gasteiger partial charge on any atom is 0.387 e. The number of fused-ring (bicyclic) bond motifs is 3. The van der Waals surface area contributed by atoms with E-state index in [2.05, 4.69) is 58.5 Å². The van der Waals surface area contributed by atoms with Gasteiger partial charge in [0.2, 0.25) is 0 Å². The highest BCUT2D eigenvalue weighted by Gasteiger charge is 2.64. The van der Waals surface area contributed by atoms with Crippen LogP contribution in [0.2, 0.25) is 6.55 Å². The highest BCUT2D eigenvalue weighted by Crippen LogP contribution is 2.39. The number of ether oxygens (including phenoxy) is 2. The third kappa shape index (κ3) is 5.11. The number of hydrogen-bond acceptors (Lipinski definition) is 5. The minimum absolute atomic E-state index is 0.724. The SMILES string of the molecule is CCCCCOc1cc2c(cc1C)[Si](C)(OC)[Si](OC)(OC)c1cc(C)c(OCCCCC)cc1-2. The highest BCUT2D eigenvalue weighted by molar-refractivity contribution is 7.45. The average molecular weight is 517 g/mol. The summed E-state index contributed by atoms with van der Waals surface area (Å²) in [4.78, 5) is 0. The Kier molecular flexibility index (Phi) is 9.63. The topological polar surface area (TPSA) is 46.2 Å². The largest absolute Gasteiger partial charge is 0.493 e. The van der Waals surface area contributed by atoms with Crippen molar-refractivity contribution in [3.8, 4) is 22.6 Å². The zero-order valence-corrected chi connectivity index (χ0v) is 25.0. The lowest BCUT2D eigenvalue weighted by molar-refractivity contribution is 0.264. The van der Waals surface area contributed by atoms with Crippen LogP contribution in [0.3, 0.4) is 0 Å². The zero-order valence-electron chi connectivity index (χ0n) is 23.0. The van der Waals surface area contributed by atoms with Gasteiger partial charge in [0.1, 0.15) is 11.5 Å². The standard InChI is InChI=1S/C28H44O5Si2/c1-9-11-13-15-32-25-19-23-24-20-26(33-16-14-12-10-2)22(4)18-28(24)35(30-6,31-7)34(8,29-5)27(23)17-21(25)3/h17-20H,9-16H2,1-8H3. The summed E-state index contributed by atoms with van der Waals surface area (Å²) in [6, 6.07) is 8.87. The fourth-order valence-electron chi connectivity index (χ4n) is 5.24. The molecule has 0 aliphatic carbocycles. The molecule has 194 valence electrons. The van der Waals surface area contributed by atoms with E-state index in [1.165, 1.54) is 30.9 Å². The van der Waals surface area contributed by atoms with Gasteiger partial charge in [-0.2, -0.15) is 0 Å². The Balaban J connectivity index is 2.19. The molecule has 0 spiro atoms. The van der Waals surface area contributed by atoms with Gasteiger partial charge in [-0.1, -0.05) is 51.7 Å². The summed E-state index contributed by atoms with van der Waals surface area (Å²) < 4.78 is 31.7. The third-order valence-corrected chi connectivity index (χ3v) is 20.4. The summed E-state index contributed by atoms with van der Waals surface area (Å²) in [7, 11) is -0.190. The summed E-state index contributed by atoms with van der Waals surface area (Å²) >= 11 is 0. The van der Waals surface area contributed by atoms with Gasteiger partial charge in [0.15, 0.2) is 0 Å². The van der Waals surface area contributed by atoms with E-state index >= 15 is 0 Å². The molecule has 0 bridgehead atoms. The predicted octanol–water partition coefficient (Wildman–Crippen LogP) is 5.57. The molecular formula is C28H44O5Si2.